The molecule has 0 radical (unpaired) electrons. The van der Waals surface area contributed by atoms with Crippen molar-refractivity contribution in [3.63, 3.8) is 0 Å². The molecule has 3 rings (SSSR count). The van der Waals surface area contributed by atoms with Gasteiger partial charge in [0.15, 0.2) is 12.7 Å². The molecular formula is C19H20N2O4. The van der Waals surface area contributed by atoms with E-state index in [0.717, 1.165) is 11.1 Å². The van der Waals surface area contributed by atoms with Crippen LogP contribution in [-0.4, -0.2) is 31.1 Å². The molecule has 2 amide bonds. The maximum Gasteiger partial charge on any atom is 0.265 e. The molecule has 0 saturated carbocycles. The minimum Gasteiger partial charge on any atom is -0.483 e. The van der Waals surface area contributed by atoms with E-state index in [0.29, 0.717) is 17.2 Å². The van der Waals surface area contributed by atoms with Crippen LogP contribution in [0, 0.1) is 13.8 Å². The molecule has 6 nitrogen and oxygen atoms in total. The van der Waals surface area contributed by atoms with Crippen LogP contribution in [0.1, 0.15) is 11.1 Å². The van der Waals surface area contributed by atoms with E-state index in [1.54, 1.807) is 24.3 Å². The van der Waals surface area contributed by atoms with Crippen LogP contribution >= 0.6 is 0 Å². The molecule has 1 aliphatic rings. The smallest absolute Gasteiger partial charge is 0.265 e. The number of benzene rings is 2. The highest BCUT2D eigenvalue weighted by molar-refractivity contribution is 5.98. The van der Waals surface area contributed by atoms with E-state index in [2.05, 4.69) is 0 Å². The van der Waals surface area contributed by atoms with Crippen LogP contribution in [0.15, 0.2) is 42.5 Å². The Morgan fingerprint density at radius 3 is 2.72 bits per heavy atom. The highest BCUT2D eigenvalue weighted by Crippen LogP contribution is 2.33. The molecule has 0 fully saturated rings. The minimum atomic E-state index is -0.875. The monoisotopic (exact) mass is 340 g/mol. The van der Waals surface area contributed by atoms with Crippen LogP contribution in [-0.2, 0) is 9.59 Å². The zero-order chi connectivity index (χ0) is 18.0. The summed E-state index contributed by atoms with van der Waals surface area (Å²) in [5, 5.41) is 0. The van der Waals surface area contributed by atoms with E-state index < -0.39 is 12.0 Å². The number of anilines is 1. The fraction of sp³-hybridized carbons (Fsp3) is 0.263. The SMILES string of the molecule is Cc1ccc(OCC(=O)N2CC(C(N)=O)Oc3ccccc32)c(C)c1. The maximum atomic E-state index is 12.7. The zero-order valence-corrected chi connectivity index (χ0v) is 14.2. The second kappa shape index (κ2) is 6.84. The van der Waals surface area contributed by atoms with Crippen molar-refractivity contribution in [2.75, 3.05) is 18.1 Å². The molecule has 1 heterocycles. The van der Waals surface area contributed by atoms with E-state index in [4.69, 9.17) is 15.2 Å². The number of para-hydroxylation sites is 2. The lowest BCUT2D eigenvalue weighted by molar-refractivity contribution is -0.125. The van der Waals surface area contributed by atoms with Gasteiger partial charge in [0.2, 0.25) is 0 Å². The Morgan fingerprint density at radius 2 is 2.00 bits per heavy atom. The number of carbonyl (C=O) groups excluding carboxylic acids is 2. The van der Waals surface area contributed by atoms with Crippen molar-refractivity contribution in [2.45, 2.75) is 20.0 Å². The summed E-state index contributed by atoms with van der Waals surface area (Å²) in [6.07, 6.45) is -0.875. The Bertz CT molecular complexity index is 819. The average Bonchev–Trinajstić information content (AvgIpc) is 2.59. The van der Waals surface area contributed by atoms with Crippen LogP contribution in [0.2, 0.25) is 0 Å². The summed E-state index contributed by atoms with van der Waals surface area (Å²) in [6.45, 7) is 3.86. The molecule has 1 atom stereocenters. The molecule has 0 spiro atoms. The third kappa shape index (κ3) is 3.57. The van der Waals surface area contributed by atoms with Crippen molar-refractivity contribution in [3.05, 3.63) is 53.6 Å². The molecule has 2 aromatic carbocycles. The fourth-order valence-corrected chi connectivity index (χ4v) is 2.80. The van der Waals surface area contributed by atoms with Gasteiger partial charge < -0.3 is 20.1 Å². The van der Waals surface area contributed by atoms with Gasteiger partial charge in [-0.1, -0.05) is 29.8 Å². The number of ether oxygens (including phenoxy) is 2. The van der Waals surface area contributed by atoms with Crippen LogP contribution in [0.3, 0.4) is 0 Å². The molecule has 2 N–H and O–H groups in total. The molecular weight excluding hydrogens is 320 g/mol. The van der Waals surface area contributed by atoms with Gasteiger partial charge >= 0.3 is 0 Å². The van der Waals surface area contributed by atoms with Crippen molar-refractivity contribution >= 4 is 17.5 Å². The van der Waals surface area contributed by atoms with Crippen molar-refractivity contribution < 1.29 is 19.1 Å². The molecule has 0 aliphatic carbocycles. The van der Waals surface area contributed by atoms with Crippen LogP contribution in [0.5, 0.6) is 11.5 Å². The summed E-state index contributed by atoms with van der Waals surface area (Å²) in [7, 11) is 0. The third-order valence-electron chi connectivity index (χ3n) is 4.07. The molecule has 0 bridgehead atoms. The van der Waals surface area contributed by atoms with Crippen molar-refractivity contribution in [3.8, 4) is 11.5 Å². The number of nitrogens with zero attached hydrogens (tertiary/aromatic N) is 1. The van der Waals surface area contributed by atoms with Gasteiger partial charge in [0.05, 0.1) is 12.2 Å². The number of primary amides is 1. The Labute approximate surface area is 146 Å². The van der Waals surface area contributed by atoms with Gasteiger partial charge in [0.25, 0.3) is 11.8 Å². The Hall–Kier alpha value is -3.02. The second-order valence-electron chi connectivity index (χ2n) is 6.04. The molecule has 2 aromatic rings. The summed E-state index contributed by atoms with van der Waals surface area (Å²) in [5.74, 6) is 0.244. The van der Waals surface area contributed by atoms with Crippen molar-refractivity contribution in [1.82, 2.24) is 0 Å². The summed E-state index contributed by atoms with van der Waals surface area (Å²) < 4.78 is 11.2. The first-order chi connectivity index (χ1) is 12.0. The Kier molecular flexibility index (Phi) is 4.61. The number of hydrogen-bond acceptors (Lipinski definition) is 4. The standard InChI is InChI=1S/C19H20N2O4/c1-12-7-8-15(13(2)9-12)24-11-18(22)21-10-17(19(20)23)25-16-6-4-3-5-14(16)21/h3-9,17H,10-11H2,1-2H3,(H2,20,23). The number of nitrogens with two attached hydrogens (primary N) is 1. The summed E-state index contributed by atoms with van der Waals surface area (Å²) in [4.78, 5) is 25.7. The topological polar surface area (TPSA) is 81.9 Å². The molecule has 0 saturated heterocycles. The van der Waals surface area contributed by atoms with Gasteiger partial charge in [-0.05, 0) is 37.6 Å². The van der Waals surface area contributed by atoms with Crippen molar-refractivity contribution in [2.24, 2.45) is 5.73 Å². The lowest BCUT2D eigenvalue weighted by Crippen LogP contribution is -2.50. The predicted octanol–water partition coefficient (Wildman–Crippen LogP) is 1.96. The lowest BCUT2D eigenvalue weighted by Gasteiger charge is -2.33. The zero-order valence-electron chi connectivity index (χ0n) is 14.2. The van der Waals surface area contributed by atoms with E-state index in [1.165, 1.54) is 4.90 Å². The number of rotatable bonds is 4. The first-order valence-electron chi connectivity index (χ1n) is 8.01. The number of amides is 2. The number of carbonyl (C=O) groups is 2. The van der Waals surface area contributed by atoms with Gasteiger partial charge in [-0.2, -0.15) is 0 Å². The third-order valence-corrected chi connectivity index (χ3v) is 4.07. The number of aryl methyl sites for hydroxylation is 2. The van der Waals surface area contributed by atoms with Gasteiger partial charge in [0.1, 0.15) is 11.5 Å². The van der Waals surface area contributed by atoms with E-state index >= 15 is 0 Å². The van der Waals surface area contributed by atoms with E-state index in [-0.39, 0.29) is 19.1 Å². The van der Waals surface area contributed by atoms with Gasteiger partial charge in [-0.25, -0.2) is 0 Å². The molecule has 1 aliphatic heterocycles. The van der Waals surface area contributed by atoms with Gasteiger partial charge in [0, 0.05) is 0 Å². The number of hydrogen-bond donors (Lipinski definition) is 1. The Morgan fingerprint density at radius 1 is 1.24 bits per heavy atom. The van der Waals surface area contributed by atoms with E-state index in [1.807, 2.05) is 32.0 Å². The van der Waals surface area contributed by atoms with Crippen LogP contribution in [0.4, 0.5) is 5.69 Å². The lowest BCUT2D eigenvalue weighted by atomic mass is 10.1. The molecule has 6 heteroatoms. The normalized spacial score (nSPS) is 15.9. The second-order valence-corrected chi connectivity index (χ2v) is 6.04. The van der Waals surface area contributed by atoms with Crippen LogP contribution < -0.4 is 20.1 Å². The average molecular weight is 340 g/mol. The maximum absolute atomic E-state index is 12.7. The first kappa shape index (κ1) is 16.8. The summed E-state index contributed by atoms with van der Waals surface area (Å²) in [6, 6.07) is 12.8. The quantitative estimate of drug-likeness (QED) is 0.922. The number of fused-ring (bicyclic) bond motifs is 1. The van der Waals surface area contributed by atoms with Crippen molar-refractivity contribution in [1.29, 1.82) is 0 Å². The van der Waals surface area contributed by atoms with Gasteiger partial charge in [-0.3, -0.25) is 9.59 Å². The molecule has 1 unspecified atom stereocenters. The van der Waals surface area contributed by atoms with Crippen LogP contribution in [0.25, 0.3) is 0 Å². The largest absolute Gasteiger partial charge is 0.483 e. The minimum absolute atomic E-state index is 0.0709. The predicted molar refractivity (Wildman–Crippen MR) is 93.8 cm³/mol. The molecule has 0 aromatic heterocycles. The van der Waals surface area contributed by atoms with Gasteiger partial charge in [-0.15, -0.1) is 0 Å². The Balaban J connectivity index is 1.77. The highest BCUT2D eigenvalue weighted by atomic mass is 16.5. The first-order valence-corrected chi connectivity index (χ1v) is 8.01. The summed E-state index contributed by atoms with van der Waals surface area (Å²) in [5.41, 5.74) is 8.05. The van der Waals surface area contributed by atoms with E-state index in [9.17, 15) is 9.59 Å². The molecule has 130 valence electrons. The summed E-state index contributed by atoms with van der Waals surface area (Å²) >= 11 is 0. The fourth-order valence-electron chi connectivity index (χ4n) is 2.80. The highest BCUT2D eigenvalue weighted by Gasteiger charge is 2.32. The molecule has 25 heavy (non-hydrogen) atoms.